The van der Waals surface area contributed by atoms with Gasteiger partial charge < -0.3 is 9.80 Å². The largest absolute Gasteiger partial charge is 0.343 e. The second-order valence-electron chi connectivity index (χ2n) is 8.38. The first kappa shape index (κ1) is 20.4. The van der Waals surface area contributed by atoms with Gasteiger partial charge in [0.05, 0.1) is 0 Å². The molecule has 0 aromatic rings. The van der Waals surface area contributed by atoms with Crippen molar-refractivity contribution in [2.24, 2.45) is 11.8 Å². The molecule has 0 radical (unpaired) electrons. The van der Waals surface area contributed by atoms with Crippen molar-refractivity contribution < 1.29 is 9.59 Å². The van der Waals surface area contributed by atoms with E-state index in [1.165, 1.54) is 32.7 Å². The van der Waals surface area contributed by atoms with Crippen molar-refractivity contribution in [2.75, 3.05) is 45.8 Å². The molecule has 0 saturated carbocycles. The van der Waals surface area contributed by atoms with Crippen molar-refractivity contribution in [3.63, 3.8) is 0 Å². The van der Waals surface area contributed by atoms with Crippen LogP contribution in [0.5, 0.6) is 0 Å². The highest BCUT2D eigenvalue weighted by Crippen LogP contribution is 2.20. The number of nitrogens with zero attached hydrogens (tertiary/aromatic N) is 3. The molecule has 2 saturated heterocycles. The molecular weight excluding hydrogens is 314 g/mol. The average molecular weight is 352 g/mol. The Morgan fingerprint density at radius 2 is 1.48 bits per heavy atom. The van der Waals surface area contributed by atoms with Crippen LogP contribution < -0.4 is 0 Å². The second kappa shape index (κ2) is 9.67. The first-order valence-electron chi connectivity index (χ1n) is 10.1. The number of ketones is 1. The molecule has 0 N–H and O–H groups in total. The number of amides is 1. The minimum atomic E-state index is 0.0368. The molecule has 2 aliphatic heterocycles. The van der Waals surface area contributed by atoms with Crippen molar-refractivity contribution in [3.05, 3.63) is 0 Å². The van der Waals surface area contributed by atoms with Crippen LogP contribution in [-0.2, 0) is 9.59 Å². The molecule has 0 atom stereocenters. The summed E-state index contributed by atoms with van der Waals surface area (Å²) in [5, 5.41) is 0. The number of carbonyl (C=O) groups excluding carboxylic acids is 2. The molecule has 0 unspecified atom stereocenters. The third-order valence-corrected chi connectivity index (χ3v) is 5.85. The van der Waals surface area contributed by atoms with E-state index in [0.29, 0.717) is 24.8 Å². The molecule has 0 aromatic heterocycles. The fourth-order valence-corrected chi connectivity index (χ4v) is 3.87. The Bertz CT molecular complexity index is 434. The van der Waals surface area contributed by atoms with E-state index in [4.69, 9.17) is 0 Å². The maximum absolute atomic E-state index is 12.3. The number of rotatable bonds is 7. The summed E-state index contributed by atoms with van der Waals surface area (Å²) in [6, 6.07) is 0.652. The number of likely N-dealkylation sites (tertiary alicyclic amines) is 1. The van der Waals surface area contributed by atoms with Gasteiger partial charge in [-0.15, -0.1) is 0 Å². The fourth-order valence-electron chi connectivity index (χ4n) is 3.87. The van der Waals surface area contributed by atoms with Crippen molar-refractivity contribution in [1.82, 2.24) is 14.7 Å². The van der Waals surface area contributed by atoms with E-state index >= 15 is 0 Å². The molecule has 2 fully saturated rings. The standard InChI is InChI=1S/C20H37N3O2/c1-16(2)19(24)5-6-20(25)23-9-7-18(8-10-23)15-21-11-13-22(14-12-21)17(3)4/h16-18H,5-15H2,1-4H3. The van der Waals surface area contributed by atoms with Crippen LogP contribution in [0.25, 0.3) is 0 Å². The summed E-state index contributed by atoms with van der Waals surface area (Å²) in [6.45, 7) is 16.0. The van der Waals surface area contributed by atoms with Crippen LogP contribution in [0.4, 0.5) is 0 Å². The van der Waals surface area contributed by atoms with E-state index in [1.807, 2.05) is 18.7 Å². The Balaban J connectivity index is 1.64. The smallest absolute Gasteiger partial charge is 0.223 e. The van der Waals surface area contributed by atoms with Crippen LogP contribution in [-0.4, -0.2) is 78.2 Å². The van der Waals surface area contributed by atoms with E-state index in [-0.39, 0.29) is 17.6 Å². The molecule has 2 heterocycles. The van der Waals surface area contributed by atoms with Gasteiger partial charge in [-0.1, -0.05) is 13.8 Å². The molecule has 2 aliphatic rings. The summed E-state index contributed by atoms with van der Waals surface area (Å²) < 4.78 is 0. The van der Waals surface area contributed by atoms with E-state index < -0.39 is 0 Å². The molecule has 0 bridgehead atoms. The second-order valence-corrected chi connectivity index (χ2v) is 8.38. The topological polar surface area (TPSA) is 43.9 Å². The monoisotopic (exact) mass is 351 g/mol. The predicted octanol–water partition coefficient (Wildman–Crippen LogP) is 2.26. The van der Waals surface area contributed by atoms with Crippen LogP contribution in [0.3, 0.4) is 0 Å². The van der Waals surface area contributed by atoms with Crippen LogP contribution in [0.1, 0.15) is 53.4 Å². The highest BCUT2D eigenvalue weighted by molar-refractivity contribution is 5.86. The predicted molar refractivity (Wildman–Crippen MR) is 102 cm³/mol. The van der Waals surface area contributed by atoms with Crippen molar-refractivity contribution in [3.8, 4) is 0 Å². The lowest BCUT2D eigenvalue weighted by atomic mass is 9.95. The third-order valence-electron chi connectivity index (χ3n) is 5.85. The van der Waals surface area contributed by atoms with Crippen molar-refractivity contribution in [1.29, 1.82) is 0 Å². The zero-order valence-electron chi connectivity index (χ0n) is 16.7. The first-order valence-corrected chi connectivity index (χ1v) is 10.1. The minimum Gasteiger partial charge on any atom is -0.343 e. The van der Waals surface area contributed by atoms with E-state index in [1.54, 1.807) is 0 Å². The lowest BCUT2D eigenvalue weighted by Gasteiger charge is -2.40. The SMILES string of the molecule is CC(C)C(=O)CCC(=O)N1CCC(CN2CCN(C(C)C)CC2)CC1. The zero-order chi connectivity index (χ0) is 18.4. The highest BCUT2D eigenvalue weighted by Gasteiger charge is 2.26. The Morgan fingerprint density at radius 3 is 2.00 bits per heavy atom. The summed E-state index contributed by atoms with van der Waals surface area (Å²) in [6.07, 6.45) is 3.00. The number of piperidine rings is 1. The van der Waals surface area contributed by atoms with E-state index in [2.05, 4.69) is 23.6 Å². The fraction of sp³-hybridized carbons (Fsp3) is 0.900. The summed E-state index contributed by atoms with van der Waals surface area (Å²) in [5.41, 5.74) is 0. The summed E-state index contributed by atoms with van der Waals surface area (Å²) in [5.74, 6) is 1.11. The van der Waals surface area contributed by atoms with Gasteiger partial charge in [-0.05, 0) is 32.6 Å². The molecule has 0 aromatic carbocycles. The Morgan fingerprint density at radius 1 is 0.880 bits per heavy atom. The molecule has 0 spiro atoms. The Hall–Kier alpha value is -0.940. The van der Waals surface area contributed by atoms with Gasteiger partial charge in [0, 0.05) is 70.6 Å². The maximum atomic E-state index is 12.3. The number of carbonyl (C=O) groups is 2. The number of piperazine rings is 1. The molecule has 5 heteroatoms. The first-order chi connectivity index (χ1) is 11.9. The van der Waals surface area contributed by atoms with Gasteiger partial charge in [0.15, 0.2) is 0 Å². The zero-order valence-corrected chi connectivity index (χ0v) is 16.7. The van der Waals surface area contributed by atoms with Crippen molar-refractivity contribution >= 4 is 11.7 Å². The third kappa shape index (κ3) is 6.37. The highest BCUT2D eigenvalue weighted by atomic mass is 16.2. The molecule has 25 heavy (non-hydrogen) atoms. The maximum Gasteiger partial charge on any atom is 0.223 e. The van der Waals surface area contributed by atoms with Gasteiger partial charge in [-0.3, -0.25) is 14.5 Å². The van der Waals surface area contributed by atoms with Crippen LogP contribution in [0.15, 0.2) is 0 Å². The molecule has 0 aliphatic carbocycles. The number of hydrogen-bond donors (Lipinski definition) is 0. The lowest BCUT2D eigenvalue weighted by molar-refractivity contribution is -0.135. The van der Waals surface area contributed by atoms with E-state index in [0.717, 1.165) is 25.9 Å². The van der Waals surface area contributed by atoms with E-state index in [9.17, 15) is 9.59 Å². The van der Waals surface area contributed by atoms with Gasteiger partial charge in [0.2, 0.25) is 5.91 Å². The van der Waals surface area contributed by atoms with Crippen LogP contribution >= 0.6 is 0 Å². The van der Waals surface area contributed by atoms with Gasteiger partial charge in [0.25, 0.3) is 0 Å². The molecule has 1 amide bonds. The summed E-state index contributed by atoms with van der Waals surface area (Å²) in [7, 11) is 0. The van der Waals surface area contributed by atoms with Crippen LogP contribution in [0, 0.1) is 11.8 Å². The van der Waals surface area contributed by atoms with Crippen LogP contribution in [0.2, 0.25) is 0 Å². The van der Waals surface area contributed by atoms with Gasteiger partial charge >= 0.3 is 0 Å². The Labute approximate surface area is 153 Å². The quantitative estimate of drug-likeness (QED) is 0.706. The molecule has 5 nitrogen and oxygen atoms in total. The summed E-state index contributed by atoms with van der Waals surface area (Å²) in [4.78, 5) is 31.1. The Kier molecular flexibility index (Phi) is 7.88. The molecule has 2 rings (SSSR count). The van der Waals surface area contributed by atoms with Crippen molar-refractivity contribution in [2.45, 2.75) is 59.4 Å². The average Bonchev–Trinajstić information content (AvgIpc) is 2.60. The lowest BCUT2D eigenvalue weighted by Crippen LogP contribution is -2.50. The van der Waals surface area contributed by atoms with Gasteiger partial charge in [-0.25, -0.2) is 0 Å². The minimum absolute atomic E-state index is 0.0368. The molecular formula is C20H37N3O2. The van der Waals surface area contributed by atoms with Gasteiger partial charge in [-0.2, -0.15) is 0 Å². The van der Waals surface area contributed by atoms with Gasteiger partial charge in [0.1, 0.15) is 5.78 Å². The number of Topliss-reactive ketones (excluding diaryl/α,β-unsaturated/α-hetero) is 1. The molecule has 144 valence electrons. The normalized spacial score (nSPS) is 21.3. The summed E-state index contributed by atoms with van der Waals surface area (Å²) >= 11 is 0. The number of hydrogen-bond acceptors (Lipinski definition) is 4.